The highest BCUT2D eigenvalue weighted by Crippen LogP contribution is 2.30. The van der Waals surface area contributed by atoms with Crippen molar-refractivity contribution in [2.75, 3.05) is 25.3 Å². The molecule has 0 spiro atoms. The molecule has 1 N–H and O–H groups in total. The zero-order valence-corrected chi connectivity index (χ0v) is 22.3. The van der Waals surface area contributed by atoms with Crippen LogP contribution in [0.3, 0.4) is 0 Å². The normalized spacial score (nSPS) is 11.3. The molecule has 3 heterocycles. The molecule has 0 aliphatic carbocycles. The molecule has 0 saturated carbocycles. The number of anilines is 1. The highest BCUT2D eigenvalue weighted by atomic mass is 32.2. The van der Waals surface area contributed by atoms with Gasteiger partial charge in [0.2, 0.25) is 11.7 Å². The number of carbonyl (C=O) groups is 1. The standard InChI is InChI=1S/C25H24FN7O5S/c1-30-21-20(22(35)31(2)25(30)36)32(12-14-5-7-15(26)8-6-14)23-28-29-24(33(21)23)39-13-19(34)27-17-10-9-16(37-3)11-18(17)38-4/h5-11H,12-13H2,1-4H3,(H,27,34). The number of nitrogens with zero attached hydrogens (tertiary/aromatic N) is 6. The summed E-state index contributed by atoms with van der Waals surface area (Å²) < 4.78 is 29.6. The highest BCUT2D eigenvalue weighted by molar-refractivity contribution is 7.99. The molecule has 0 fully saturated rings. The molecular weight excluding hydrogens is 529 g/mol. The number of hydrogen-bond donors (Lipinski definition) is 1. The number of thioether (sulfide) groups is 1. The van der Waals surface area contributed by atoms with Gasteiger partial charge in [0.15, 0.2) is 16.3 Å². The lowest BCUT2D eigenvalue weighted by atomic mass is 10.2. The summed E-state index contributed by atoms with van der Waals surface area (Å²) in [5.41, 5.74) is 0.658. The van der Waals surface area contributed by atoms with Gasteiger partial charge in [-0.2, -0.15) is 0 Å². The van der Waals surface area contributed by atoms with Crippen molar-refractivity contribution in [3.8, 4) is 11.5 Å². The van der Waals surface area contributed by atoms with Crippen molar-refractivity contribution < 1.29 is 18.7 Å². The molecule has 1 amide bonds. The number of carbonyl (C=O) groups excluding carboxylic acids is 1. The summed E-state index contributed by atoms with van der Waals surface area (Å²) in [5, 5.41) is 11.6. The van der Waals surface area contributed by atoms with Crippen molar-refractivity contribution in [2.24, 2.45) is 14.1 Å². The van der Waals surface area contributed by atoms with Crippen LogP contribution in [0.5, 0.6) is 11.5 Å². The lowest BCUT2D eigenvalue weighted by Crippen LogP contribution is -2.37. The fraction of sp³-hybridized carbons (Fsp3) is 0.240. The number of ether oxygens (including phenoxy) is 2. The van der Waals surface area contributed by atoms with Gasteiger partial charge in [0.1, 0.15) is 17.3 Å². The van der Waals surface area contributed by atoms with E-state index in [0.29, 0.717) is 28.1 Å². The summed E-state index contributed by atoms with van der Waals surface area (Å²) in [6, 6.07) is 10.9. The van der Waals surface area contributed by atoms with E-state index in [1.807, 2.05) is 0 Å². The Balaban J connectivity index is 1.52. The second-order valence-electron chi connectivity index (χ2n) is 8.61. The first-order chi connectivity index (χ1) is 18.7. The van der Waals surface area contributed by atoms with E-state index in [2.05, 4.69) is 15.5 Å². The van der Waals surface area contributed by atoms with E-state index in [9.17, 15) is 18.8 Å². The molecule has 14 heteroatoms. The molecule has 5 rings (SSSR count). The molecule has 3 aromatic heterocycles. The third-order valence-corrected chi connectivity index (χ3v) is 7.15. The van der Waals surface area contributed by atoms with Gasteiger partial charge in [-0.25, -0.2) is 13.6 Å². The van der Waals surface area contributed by atoms with Crippen LogP contribution in [0.1, 0.15) is 5.56 Å². The third kappa shape index (κ3) is 4.63. The Morgan fingerprint density at radius 3 is 2.46 bits per heavy atom. The van der Waals surface area contributed by atoms with Crippen molar-refractivity contribution in [3.05, 3.63) is 74.7 Å². The summed E-state index contributed by atoms with van der Waals surface area (Å²) in [7, 11) is 5.96. The van der Waals surface area contributed by atoms with E-state index in [-0.39, 0.29) is 35.2 Å². The largest absolute Gasteiger partial charge is 0.497 e. The average Bonchev–Trinajstić information content (AvgIpc) is 3.49. The molecule has 0 aliphatic rings. The summed E-state index contributed by atoms with van der Waals surface area (Å²) in [6.07, 6.45) is 0. The molecule has 0 saturated heterocycles. The van der Waals surface area contributed by atoms with Gasteiger partial charge in [-0.05, 0) is 29.8 Å². The van der Waals surface area contributed by atoms with E-state index in [1.165, 1.54) is 38.0 Å². The number of nitrogens with one attached hydrogen (secondary N) is 1. The Kier molecular flexibility index (Phi) is 6.87. The quantitative estimate of drug-likeness (QED) is 0.289. The monoisotopic (exact) mass is 553 g/mol. The number of aromatic nitrogens is 6. The van der Waals surface area contributed by atoms with Gasteiger partial charge in [0.05, 0.1) is 32.2 Å². The van der Waals surface area contributed by atoms with Crippen LogP contribution in [0.2, 0.25) is 0 Å². The molecule has 2 aromatic carbocycles. The summed E-state index contributed by atoms with van der Waals surface area (Å²) in [6.45, 7) is 0.182. The number of fused-ring (bicyclic) bond motifs is 3. The van der Waals surface area contributed by atoms with E-state index in [4.69, 9.17) is 9.47 Å². The highest BCUT2D eigenvalue weighted by Gasteiger charge is 2.24. The smallest absolute Gasteiger partial charge is 0.332 e. The topological polar surface area (TPSA) is 127 Å². The molecular formula is C25H24FN7O5S. The fourth-order valence-corrected chi connectivity index (χ4v) is 4.99. The molecule has 0 radical (unpaired) electrons. The van der Waals surface area contributed by atoms with Crippen LogP contribution in [0.25, 0.3) is 16.9 Å². The molecule has 202 valence electrons. The summed E-state index contributed by atoms with van der Waals surface area (Å²) >= 11 is 1.09. The van der Waals surface area contributed by atoms with E-state index < -0.39 is 11.2 Å². The summed E-state index contributed by atoms with van der Waals surface area (Å²) in [5.74, 6) is 0.559. The number of imidazole rings is 1. The van der Waals surface area contributed by atoms with Crippen LogP contribution in [-0.2, 0) is 25.4 Å². The minimum Gasteiger partial charge on any atom is -0.497 e. The lowest BCUT2D eigenvalue weighted by molar-refractivity contribution is -0.113. The minimum atomic E-state index is -0.526. The number of rotatable bonds is 8. The first-order valence-corrected chi connectivity index (χ1v) is 12.6. The second-order valence-corrected chi connectivity index (χ2v) is 9.55. The van der Waals surface area contributed by atoms with E-state index >= 15 is 0 Å². The number of benzene rings is 2. The van der Waals surface area contributed by atoms with Gasteiger partial charge < -0.3 is 14.8 Å². The van der Waals surface area contributed by atoms with Crippen LogP contribution < -0.4 is 26.0 Å². The van der Waals surface area contributed by atoms with Crippen molar-refractivity contribution in [2.45, 2.75) is 11.7 Å². The van der Waals surface area contributed by atoms with Crippen molar-refractivity contribution in [1.82, 2.24) is 28.3 Å². The second kappa shape index (κ2) is 10.3. The van der Waals surface area contributed by atoms with Crippen molar-refractivity contribution in [1.29, 1.82) is 0 Å². The SMILES string of the molecule is COc1ccc(NC(=O)CSc2nnc3n(Cc4ccc(F)cc4)c4c(=O)n(C)c(=O)n(C)c4n23)c(OC)c1. The lowest BCUT2D eigenvalue weighted by Gasteiger charge is -2.11. The maximum atomic E-state index is 13.5. The minimum absolute atomic E-state index is 0.0423. The van der Waals surface area contributed by atoms with Gasteiger partial charge in [-0.15, -0.1) is 10.2 Å². The fourth-order valence-electron chi connectivity index (χ4n) is 4.26. The van der Waals surface area contributed by atoms with Crippen LogP contribution in [0, 0.1) is 5.82 Å². The number of aryl methyl sites for hydroxylation is 1. The molecule has 0 aliphatic heterocycles. The first-order valence-electron chi connectivity index (χ1n) is 11.7. The van der Waals surface area contributed by atoms with Crippen LogP contribution in [0.15, 0.2) is 57.2 Å². The predicted molar refractivity (Wildman–Crippen MR) is 143 cm³/mol. The summed E-state index contributed by atoms with van der Waals surface area (Å²) in [4.78, 5) is 38.8. The predicted octanol–water partition coefficient (Wildman–Crippen LogP) is 2.02. The molecule has 0 atom stereocenters. The Morgan fingerprint density at radius 2 is 1.77 bits per heavy atom. The van der Waals surface area contributed by atoms with Gasteiger partial charge in [-0.1, -0.05) is 23.9 Å². The maximum Gasteiger partial charge on any atom is 0.332 e. The van der Waals surface area contributed by atoms with Crippen molar-refractivity contribution in [3.63, 3.8) is 0 Å². The van der Waals surface area contributed by atoms with E-state index in [1.54, 1.807) is 46.3 Å². The van der Waals surface area contributed by atoms with Gasteiger partial charge in [-0.3, -0.25) is 23.3 Å². The Hall–Kier alpha value is -4.59. The molecule has 39 heavy (non-hydrogen) atoms. The number of amides is 1. The van der Waals surface area contributed by atoms with Gasteiger partial charge in [0.25, 0.3) is 5.56 Å². The molecule has 5 aromatic rings. The molecule has 0 unspecified atom stereocenters. The number of methoxy groups -OCH3 is 2. The van der Waals surface area contributed by atoms with Gasteiger partial charge in [0, 0.05) is 20.2 Å². The zero-order valence-electron chi connectivity index (χ0n) is 21.5. The molecule has 0 bridgehead atoms. The maximum absolute atomic E-state index is 13.5. The van der Waals surface area contributed by atoms with Crippen LogP contribution in [0.4, 0.5) is 10.1 Å². The number of halogens is 1. The van der Waals surface area contributed by atoms with E-state index in [0.717, 1.165) is 21.9 Å². The third-order valence-electron chi connectivity index (χ3n) is 6.22. The van der Waals surface area contributed by atoms with Crippen molar-refractivity contribution >= 4 is 40.3 Å². The van der Waals surface area contributed by atoms with Crippen LogP contribution in [-0.4, -0.2) is 54.2 Å². The zero-order chi connectivity index (χ0) is 27.8. The number of hydrogen-bond acceptors (Lipinski definition) is 8. The molecule has 12 nitrogen and oxygen atoms in total. The van der Waals surface area contributed by atoms with Crippen LogP contribution >= 0.6 is 11.8 Å². The Labute approximate surface area is 224 Å². The first kappa shape index (κ1) is 26.0. The Morgan fingerprint density at radius 1 is 1.03 bits per heavy atom. The average molecular weight is 554 g/mol. The Bertz CT molecular complexity index is 1840. The van der Waals surface area contributed by atoms with Gasteiger partial charge >= 0.3 is 5.69 Å².